The second-order valence-electron chi connectivity index (χ2n) is 3.33. The maximum Gasteiger partial charge on any atom is 0.354 e. The van der Waals surface area contributed by atoms with Gasteiger partial charge in [0.05, 0.1) is 7.11 Å². The van der Waals surface area contributed by atoms with Crippen LogP contribution < -0.4 is 5.43 Å². The Bertz CT molecular complexity index is 294. The highest BCUT2D eigenvalue weighted by atomic mass is 31.2. The van der Waals surface area contributed by atoms with Crippen molar-refractivity contribution in [3.63, 3.8) is 0 Å². The van der Waals surface area contributed by atoms with Gasteiger partial charge in [-0.2, -0.15) is 5.10 Å². The van der Waals surface area contributed by atoms with Crippen LogP contribution in [0.15, 0.2) is 5.10 Å². The van der Waals surface area contributed by atoms with Crippen LogP contribution in [0, 0.1) is 0 Å². The molecule has 5 nitrogen and oxygen atoms in total. The fourth-order valence-corrected chi connectivity index (χ4v) is 1.98. The molecule has 1 aliphatic rings. The van der Waals surface area contributed by atoms with E-state index < -0.39 is 13.1 Å². The third-order valence-corrected chi connectivity index (χ3v) is 3.71. The molecule has 0 saturated heterocycles. The molecule has 0 radical (unpaired) electrons. The number of ether oxygens (including phenoxy) is 1. The minimum absolute atomic E-state index is 0.221. The Morgan fingerprint density at radius 2 is 2.31 bits per heavy atom. The molecule has 1 heterocycles. The zero-order chi connectivity index (χ0) is 10.1. The molecule has 1 unspecified atom stereocenters. The topological polar surface area (TPSA) is 67.8 Å². The van der Waals surface area contributed by atoms with Gasteiger partial charge in [-0.1, -0.05) is 0 Å². The smallest absolute Gasteiger partial charge is 0.354 e. The lowest BCUT2D eigenvalue weighted by molar-refractivity contribution is -0.132. The molecule has 0 spiro atoms. The first-order valence-corrected chi connectivity index (χ1v) is 6.57. The summed E-state index contributed by atoms with van der Waals surface area (Å²) in [4.78, 5) is 11.0. The Hall–Kier alpha value is -0.830. The average molecular weight is 204 g/mol. The molecule has 0 bridgehead atoms. The summed E-state index contributed by atoms with van der Waals surface area (Å²) in [5, 5.41) is 3.77. The predicted octanol–water partition coefficient (Wildman–Crippen LogP) is 0.457. The van der Waals surface area contributed by atoms with E-state index in [9.17, 15) is 9.36 Å². The Kier molecular flexibility index (Phi) is 2.76. The van der Waals surface area contributed by atoms with Gasteiger partial charge in [0.15, 0.2) is 0 Å². The number of hydrazone groups is 1. The number of esters is 1. The fourth-order valence-electron chi connectivity index (χ4n) is 1.03. The molecule has 0 aliphatic carbocycles. The molecule has 13 heavy (non-hydrogen) atoms. The Morgan fingerprint density at radius 1 is 1.69 bits per heavy atom. The summed E-state index contributed by atoms with van der Waals surface area (Å²) in [5.74, 6) is -0.676. The monoisotopic (exact) mass is 204 g/mol. The van der Waals surface area contributed by atoms with Crippen molar-refractivity contribution in [2.24, 2.45) is 5.10 Å². The van der Waals surface area contributed by atoms with E-state index in [1.807, 2.05) is 0 Å². The molecule has 1 atom stereocenters. The van der Waals surface area contributed by atoms with Crippen molar-refractivity contribution >= 4 is 18.8 Å². The number of carbonyl (C=O) groups is 1. The number of carbonyl (C=O) groups excluding carboxylic acids is 1. The first-order valence-electron chi connectivity index (χ1n) is 3.90. The normalized spacial score (nSPS) is 22.1. The minimum Gasteiger partial charge on any atom is -0.464 e. The van der Waals surface area contributed by atoms with Gasteiger partial charge in [-0.15, -0.1) is 0 Å². The van der Waals surface area contributed by atoms with Crippen molar-refractivity contribution in [3.05, 3.63) is 0 Å². The predicted molar refractivity (Wildman–Crippen MR) is 50.4 cm³/mol. The molecule has 1 rings (SSSR count). The van der Waals surface area contributed by atoms with E-state index >= 15 is 0 Å². The molecule has 0 aromatic heterocycles. The molecule has 0 aromatic carbocycles. The Morgan fingerprint density at radius 3 is 2.69 bits per heavy atom. The molecule has 1 N–H and O–H groups in total. The highest BCUT2D eigenvalue weighted by Crippen LogP contribution is 2.44. The summed E-state index contributed by atoms with van der Waals surface area (Å²) >= 11 is 0. The van der Waals surface area contributed by atoms with Crippen molar-refractivity contribution in [2.45, 2.75) is 12.2 Å². The summed E-state index contributed by atoms with van der Waals surface area (Å²) < 4.78 is 16.1. The second-order valence-corrected chi connectivity index (χ2v) is 6.82. The van der Waals surface area contributed by atoms with Gasteiger partial charge in [-0.05, 0) is 13.3 Å². The molecule has 0 fully saturated rings. The van der Waals surface area contributed by atoms with Crippen molar-refractivity contribution in [1.82, 2.24) is 5.43 Å². The Labute approximate surface area is 76.9 Å². The molecule has 0 amide bonds. The van der Waals surface area contributed by atoms with E-state index in [2.05, 4.69) is 15.3 Å². The molecule has 74 valence electrons. The van der Waals surface area contributed by atoms with Crippen LogP contribution >= 0.6 is 7.14 Å². The maximum absolute atomic E-state index is 11.6. The van der Waals surface area contributed by atoms with Gasteiger partial charge in [0, 0.05) is 6.42 Å². The van der Waals surface area contributed by atoms with Gasteiger partial charge < -0.3 is 9.30 Å². The molecule has 1 aliphatic heterocycles. The van der Waals surface area contributed by atoms with Crippen molar-refractivity contribution in [2.75, 3.05) is 20.4 Å². The second kappa shape index (κ2) is 3.50. The minimum atomic E-state index is -2.23. The first-order chi connectivity index (χ1) is 5.95. The standard InChI is InChI=1S/C7H13N2O3P/c1-12-7(10)5-4-6(9-8-5)13(2,3)11/h6,9H,4H2,1-3H3. The third kappa shape index (κ3) is 2.31. The van der Waals surface area contributed by atoms with Gasteiger partial charge in [-0.3, -0.25) is 5.43 Å². The van der Waals surface area contributed by atoms with Gasteiger partial charge in [0.2, 0.25) is 0 Å². The average Bonchev–Trinajstić information content (AvgIpc) is 2.50. The summed E-state index contributed by atoms with van der Waals surface area (Å²) in [6.45, 7) is 3.33. The van der Waals surface area contributed by atoms with Gasteiger partial charge in [-0.25, -0.2) is 4.79 Å². The largest absolute Gasteiger partial charge is 0.464 e. The van der Waals surface area contributed by atoms with Crippen molar-refractivity contribution in [1.29, 1.82) is 0 Å². The van der Waals surface area contributed by atoms with E-state index in [4.69, 9.17) is 0 Å². The zero-order valence-corrected chi connectivity index (χ0v) is 8.80. The van der Waals surface area contributed by atoms with Crippen LogP contribution in [0.1, 0.15) is 6.42 Å². The van der Waals surface area contributed by atoms with Crippen LogP contribution in [-0.4, -0.2) is 37.9 Å². The number of hydrogen-bond acceptors (Lipinski definition) is 5. The van der Waals surface area contributed by atoms with Crippen LogP contribution in [0.2, 0.25) is 0 Å². The molecule has 0 saturated carbocycles. The summed E-state index contributed by atoms with van der Waals surface area (Å²) in [6.07, 6.45) is 0.386. The number of hydrogen-bond donors (Lipinski definition) is 1. The van der Waals surface area contributed by atoms with Crippen LogP contribution in [0.3, 0.4) is 0 Å². The van der Waals surface area contributed by atoms with Crippen LogP contribution in [0.25, 0.3) is 0 Å². The SMILES string of the molecule is COC(=O)C1=NNC(P(C)(C)=O)C1. The third-order valence-electron chi connectivity index (χ3n) is 1.91. The van der Waals surface area contributed by atoms with Crippen LogP contribution in [0.5, 0.6) is 0 Å². The summed E-state index contributed by atoms with van der Waals surface area (Å²) in [5.41, 5.74) is 3.00. The molecular formula is C7H13N2O3P. The van der Waals surface area contributed by atoms with E-state index in [1.165, 1.54) is 7.11 Å². The molecular weight excluding hydrogens is 191 g/mol. The quantitative estimate of drug-likeness (QED) is 0.524. The molecule has 0 aromatic rings. The number of methoxy groups -OCH3 is 1. The number of nitrogens with zero attached hydrogens (tertiary/aromatic N) is 1. The number of nitrogens with one attached hydrogen (secondary N) is 1. The van der Waals surface area contributed by atoms with Crippen molar-refractivity contribution in [3.8, 4) is 0 Å². The maximum atomic E-state index is 11.6. The van der Waals surface area contributed by atoms with Gasteiger partial charge in [0.1, 0.15) is 18.6 Å². The fraction of sp³-hybridized carbons (Fsp3) is 0.714. The van der Waals surface area contributed by atoms with Gasteiger partial charge in [0.25, 0.3) is 0 Å². The lowest BCUT2D eigenvalue weighted by Crippen LogP contribution is -2.20. The summed E-state index contributed by atoms with van der Waals surface area (Å²) in [7, 11) is -0.933. The van der Waals surface area contributed by atoms with Crippen LogP contribution in [0.4, 0.5) is 0 Å². The first kappa shape index (κ1) is 10.3. The van der Waals surface area contributed by atoms with Crippen LogP contribution in [-0.2, 0) is 14.1 Å². The Balaban J connectivity index is 2.62. The zero-order valence-electron chi connectivity index (χ0n) is 7.90. The molecule has 6 heteroatoms. The van der Waals surface area contributed by atoms with E-state index in [0.717, 1.165) is 0 Å². The van der Waals surface area contributed by atoms with Crippen molar-refractivity contribution < 1.29 is 14.1 Å². The lowest BCUT2D eigenvalue weighted by atomic mass is 10.3. The van der Waals surface area contributed by atoms with E-state index in [0.29, 0.717) is 12.1 Å². The summed E-state index contributed by atoms with van der Waals surface area (Å²) in [6, 6.07) is 0. The van der Waals surface area contributed by atoms with E-state index in [1.54, 1.807) is 13.3 Å². The lowest BCUT2D eigenvalue weighted by Gasteiger charge is -2.14. The highest BCUT2D eigenvalue weighted by molar-refractivity contribution is 7.63. The highest BCUT2D eigenvalue weighted by Gasteiger charge is 2.31. The van der Waals surface area contributed by atoms with Gasteiger partial charge >= 0.3 is 5.97 Å². The van der Waals surface area contributed by atoms with E-state index in [-0.39, 0.29) is 5.78 Å². The number of rotatable bonds is 2.